The second-order valence-corrected chi connectivity index (χ2v) is 9.76. The summed E-state index contributed by atoms with van der Waals surface area (Å²) in [7, 11) is -3.84. The van der Waals surface area contributed by atoms with Crippen LogP contribution in [-0.2, 0) is 21.2 Å². The summed E-state index contributed by atoms with van der Waals surface area (Å²) in [5.41, 5.74) is 2.47. The number of hydrogen-bond donors (Lipinski definition) is 2. The van der Waals surface area contributed by atoms with Crippen LogP contribution in [0, 0.1) is 0 Å². The van der Waals surface area contributed by atoms with Crippen molar-refractivity contribution in [3.05, 3.63) is 71.5 Å². The van der Waals surface area contributed by atoms with Crippen LogP contribution in [0.4, 0.5) is 0 Å². The van der Waals surface area contributed by atoms with Gasteiger partial charge in [-0.05, 0) is 42.7 Å². The first-order valence-corrected chi connectivity index (χ1v) is 11.4. The topological polar surface area (TPSA) is 140 Å². The number of pyridine rings is 1. The summed E-state index contributed by atoms with van der Waals surface area (Å²) in [6.45, 7) is 1.18. The highest BCUT2D eigenvalue weighted by molar-refractivity contribution is 7.92. The lowest BCUT2D eigenvalue weighted by atomic mass is 10.1. The monoisotopic (exact) mass is 458 g/mol. The number of aryl methyl sites for hydroxylation is 1. The molecular formula is C21H22N4O6S. The number of carbonyl (C=O) groups is 1. The van der Waals surface area contributed by atoms with Crippen LogP contribution < -0.4 is 15.8 Å². The molecule has 0 fully saturated rings. The van der Waals surface area contributed by atoms with Crippen molar-refractivity contribution < 1.29 is 23.2 Å². The largest absolute Gasteiger partial charge is 0.438 e. The number of sulfone groups is 1. The number of rotatable bonds is 8. The number of nitrogens with one attached hydrogen (secondary N) is 1. The van der Waals surface area contributed by atoms with Crippen LogP contribution in [0.25, 0.3) is 11.1 Å². The Kier molecular flexibility index (Phi) is 6.70. The Bertz CT molecular complexity index is 1260. The molecule has 1 unspecified atom stereocenters. The standard InChI is InChI=1S/C21H22N4O6S/c1-21(20(27)24-28,32(2,29)30)8-12-25-11-7-16(13-19(25)26)15-3-5-17(6-4-15)31-18-14-22-9-10-23-18/h3-7,9-11,13-14,28H,8,12H2,1-2H3,(H,24,27). The van der Waals surface area contributed by atoms with Gasteiger partial charge in [0.2, 0.25) is 5.88 Å². The van der Waals surface area contributed by atoms with E-state index in [1.165, 1.54) is 41.6 Å². The Hall–Kier alpha value is -3.57. The molecule has 11 heteroatoms. The third kappa shape index (κ3) is 5.01. The average Bonchev–Trinajstić information content (AvgIpc) is 2.78. The van der Waals surface area contributed by atoms with Crippen LogP contribution in [0.1, 0.15) is 13.3 Å². The predicted octanol–water partition coefficient (Wildman–Crippen LogP) is 1.80. The van der Waals surface area contributed by atoms with E-state index < -0.39 is 20.5 Å². The zero-order chi connectivity index (χ0) is 23.4. The van der Waals surface area contributed by atoms with Gasteiger partial charge in [0.25, 0.3) is 11.5 Å². The zero-order valence-corrected chi connectivity index (χ0v) is 18.2. The lowest BCUT2D eigenvalue weighted by molar-refractivity contribution is -0.131. The fraction of sp³-hybridized carbons (Fsp3) is 0.238. The van der Waals surface area contributed by atoms with Crippen molar-refractivity contribution in [2.45, 2.75) is 24.6 Å². The van der Waals surface area contributed by atoms with E-state index in [-0.39, 0.29) is 18.5 Å². The molecule has 1 aromatic carbocycles. The summed E-state index contributed by atoms with van der Waals surface area (Å²) in [5, 5.41) is 8.90. The van der Waals surface area contributed by atoms with Crippen molar-refractivity contribution in [1.82, 2.24) is 20.0 Å². The first kappa shape index (κ1) is 23.1. The highest BCUT2D eigenvalue weighted by Gasteiger charge is 2.43. The van der Waals surface area contributed by atoms with Crippen LogP contribution in [-0.4, -0.2) is 45.1 Å². The van der Waals surface area contributed by atoms with Gasteiger partial charge in [-0.1, -0.05) is 12.1 Å². The van der Waals surface area contributed by atoms with Crippen molar-refractivity contribution in [3.63, 3.8) is 0 Å². The number of hydroxylamine groups is 1. The van der Waals surface area contributed by atoms with Gasteiger partial charge in [0.15, 0.2) is 14.6 Å². The van der Waals surface area contributed by atoms with Crippen LogP contribution in [0.15, 0.2) is 66.0 Å². The maximum Gasteiger partial charge on any atom is 0.264 e. The predicted molar refractivity (Wildman–Crippen MR) is 116 cm³/mol. The molecule has 0 radical (unpaired) electrons. The van der Waals surface area contributed by atoms with Crippen LogP contribution in [0.2, 0.25) is 0 Å². The van der Waals surface area contributed by atoms with E-state index in [4.69, 9.17) is 9.94 Å². The van der Waals surface area contributed by atoms with Gasteiger partial charge in [0, 0.05) is 37.5 Å². The van der Waals surface area contributed by atoms with Crippen molar-refractivity contribution in [3.8, 4) is 22.8 Å². The molecule has 10 nitrogen and oxygen atoms in total. The van der Waals surface area contributed by atoms with E-state index in [1.807, 2.05) is 0 Å². The molecule has 0 aliphatic rings. The van der Waals surface area contributed by atoms with E-state index >= 15 is 0 Å². The van der Waals surface area contributed by atoms with E-state index in [2.05, 4.69) is 9.97 Å². The molecule has 1 atom stereocenters. The molecule has 0 aliphatic carbocycles. The first-order chi connectivity index (χ1) is 15.1. The lowest BCUT2D eigenvalue weighted by Crippen LogP contribution is -2.49. The number of ether oxygens (including phenoxy) is 1. The van der Waals surface area contributed by atoms with E-state index in [0.29, 0.717) is 17.2 Å². The van der Waals surface area contributed by atoms with Crippen molar-refractivity contribution >= 4 is 15.7 Å². The van der Waals surface area contributed by atoms with E-state index in [1.54, 1.807) is 36.5 Å². The summed E-state index contributed by atoms with van der Waals surface area (Å²) in [6, 6.07) is 10.2. The molecule has 1 amide bonds. The normalized spacial score (nSPS) is 13.2. The minimum absolute atomic E-state index is 0.0268. The Balaban J connectivity index is 1.75. The molecule has 3 aromatic rings. The van der Waals surface area contributed by atoms with Crippen LogP contribution in [0.5, 0.6) is 11.6 Å². The van der Waals surface area contributed by atoms with E-state index in [0.717, 1.165) is 11.8 Å². The summed E-state index contributed by atoms with van der Waals surface area (Å²) in [4.78, 5) is 32.4. The second kappa shape index (κ2) is 9.28. The fourth-order valence-electron chi connectivity index (χ4n) is 2.97. The summed E-state index contributed by atoms with van der Waals surface area (Å²) < 4.78 is 29.2. The van der Waals surface area contributed by atoms with Crippen LogP contribution in [0.3, 0.4) is 0 Å². The number of carbonyl (C=O) groups excluding carboxylic acids is 1. The lowest BCUT2D eigenvalue weighted by Gasteiger charge is -2.25. The molecular weight excluding hydrogens is 436 g/mol. The third-order valence-corrected chi connectivity index (χ3v) is 7.20. The Morgan fingerprint density at radius 1 is 1.19 bits per heavy atom. The molecule has 168 valence electrons. The van der Waals surface area contributed by atoms with Gasteiger partial charge < -0.3 is 9.30 Å². The minimum atomic E-state index is -3.84. The number of hydrogen-bond acceptors (Lipinski definition) is 8. The SMILES string of the molecule is CC(CCn1ccc(-c2ccc(Oc3cnccn3)cc2)cc1=O)(C(=O)NO)S(C)(=O)=O. The van der Waals surface area contributed by atoms with Gasteiger partial charge in [-0.25, -0.2) is 18.9 Å². The number of amides is 1. The third-order valence-electron chi connectivity index (χ3n) is 5.18. The summed E-state index contributed by atoms with van der Waals surface area (Å²) in [5.74, 6) is -0.128. The number of aromatic nitrogens is 3. The maximum absolute atomic E-state index is 12.6. The zero-order valence-electron chi connectivity index (χ0n) is 17.4. The fourth-order valence-corrected chi connectivity index (χ4v) is 3.81. The van der Waals surface area contributed by atoms with Gasteiger partial charge >= 0.3 is 0 Å². The molecule has 0 saturated heterocycles. The molecule has 0 bridgehead atoms. The molecule has 0 spiro atoms. The van der Waals surface area contributed by atoms with Crippen molar-refractivity contribution in [2.24, 2.45) is 0 Å². The number of benzene rings is 1. The van der Waals surface area contributed by atoms with Gasteiger partial charge in [-0.15, -0.1) is 0 Å². The van der Waals surface area contributed by atoms with E-state index in [9.17, 15) is 18.0 Å². The first-order valence-electron chi connectivity index (χ1n) is 9.53. The van der Waals surface area contributed by atoms with Gasteiger partial charge in [0.1, 0.15) is 5.75 Å². The Morgan fingerprint density at radius 3 is 2.47 bits per heavy atom. The van der Waals surface area contributed by atoms with Gasteiger partial charge in [-0.2, -0.15) is 0 Å². The number of nitrogens with zero attached hydrogens (tertiary/aromatic N) is 3. The molecule has 0 saturated carbocycles. The highest BCUT2D eigenvalue weighted by Crippen LogP contribution is 2.25. The molecule has 3 rings (SSSR count). The van der Waals surface area contributed by atoms with Crippen molar-refractivity contribution in [1.29, 1.82) is 0 Å². The molecule has 32 heavy (non-hydrogen) atoms. The van der Waals surface area contributed by atoms with Crippen LogP contribution >= 0.6 is 0 Å². The molecule has 2 heterocycles. The maximum atomic E-state index is 12.6. The quantitative estimate of drug-likeness (QED) is 0.385. The molecule has 2 aromatic heterocycles. The van der Waals surface area contributed by atoms with Gasteiger partial charge in [0.05, 0.1) is 6.20 Å². The average molecular weight is 458 g/mol. The van der Waals surface area contributed by atoms with Crippen molar-refractivity contribution in [2.75, 3.05) is 6.26 Å². The summed E-state index contributed by atoms with van der Waals surface area (Å²) in [6.07, 6.45) is 6.81. The molecule has 2 N–H and O–H groups in total. The van der Waals surface area contributed by atoms with Gasteiger partial charge in [-0.3, -0.25) is 19.8 Å². The minimum Gasteiger partial charge on any atom is -0.438 e. The smallest absolute Gasteiger partial charge is 0.264 e. The Labute approximate surface area is 184 Å². The summed E-state index contributed by atoms with van der Waals surface area (Å²) >= 11 is 0. The Morgan fingerprint density at radius 2 is 1.91 bits per heavy atom. The highest BCUT2D eigenvalue weighted by atomic mass is 32.2. The molecule has 0 aliphatic heterocycles. The second-order valence-electron chi connectivity index (χ2n) is 7.31.